The second-order valence-corrected chi connectivity index (χ2v) is 5.31. The predicted octanol–water partition coefficient (Wildman–Crippen LogP) is 0.160. The topological polar surface area (TPSA) is 98.1 Å². The summed E-state index contributed by atoms with van der Waals surface area (Å²) in [4.78, 5) is 27.0. The maximum Gasteiger partial charge on any atom is 0.246 e. The molecular weight excluding hydrogens is 298 g/mol. The van der Waals surface area contributed by atoms with Gasteiger partial charge in [0, 0.05) is 13.1 Å². The third-order valence-electron chi connectivity index (χ3n) is 3.59. The molecule has 9 heteroatoms. The van der Waals surface area contributed by atoms with Crippen molar-refractivity contribution in [2.45, 2.75) is 20.4 Å². The van der Waals surface area contributed by atoms with E-state index < -0.39 is 0 Å². The minimum atomic E-state index is -0.190. The number of carbonyl (C=O) groups excluding carboxylic acids is 1. The van der Waals surface area contributed by atoms with Gasteiger partial charge < -0.3 is 15.0 Å². The number of rotatable bonds is 4. The van der Waals surface area contributed by atoms with Gasteiger partial charge in [0.05, 0.1) is 30.3 Å². The Morgan fingerprint density at radius 3 is 2.57 bits per heavy atom. The standard InChI is InChI=1S/C14H19N7O2/c1-10-13(19-12(22)7-21-9-15-8-16-21)11(2)18-14(17-10)20-3-5-23-6-4-20/h8-9H,3-7H2,1-2H3,(H,19,22). The number of nitrogens with one attached hydrogen (secondary N) is 1. The largest absolute Gasteiger partial charge is 0.378 e. The first-order valence-electron chi connectivity index (χ1n) is 7.43. The molecule has 0 bridgehead atoms. The Balaban J connectivity index is 1.73. The summed E-state index contributed by atoms with van der Waals surface area (Å²) < 4.78 is 6.80. The molecule has 1 aliphatic heterocycles. The van der Waals surface area contributed by atoms with Crippen LogP contribution in [0.3, 0.4) is 0 Å². The van der Waals surface area contributed by atoms with Gasteiger partial charge in [-0.05, 0) is 13.8 Å². The highest BCUT2D eigenvalue weighted by Gasteiger charge is 2.17. The summed E-state index contributed by atoms with van der Waals surface area (Å²) in [5.41, 5.74) is 2.13. The van der Waals surface area contributed by atoms with E-state index >= 15 is 0 Å². The van der Waals surface area contributed by atoms with Gasteiger partial charge in [0.1, 0.15) is 19.2 Å². The average molecular weight is 317 g/mol. The minimum Gasteiger partial charge on any atom is -0.378 e. The number of nitrogens with zero attached hydrogens (tertiary/aromatic N) is 6. The zero-order valence-electron chi connectivity index (χ0n) is 13.2. The van der Waals surface area contributed by atoms with Crippen LogP contribution in [0.15, 0.2) is 12.7 Å². The molecule has 1 saturated heterocycles. The number of morpholine rings is 1. The van der Waals surface area contributed by atoms with Crippen molar-refractivity contribution in [3.05, 3.63) is 24.0 Å². The van der Waals surface area contributed by atoms with Crippen LogP contribution in [0.1, 0.15) is 11.4 Å². The normalized spacial score (nSPS) is 14.8. The fourth-order valence-electron chi connectivity index (χ4n) is 2.42. The Kier molecular flexibility index (Phi) is 4.47. The van der Waals surface area contributed by atoms with E-state index in [1.807, 2.05) is 13.8 Å². The highest BCUT2D eigenvalue weighted by molar-refractivity contribution is 5.91. The van der Waals surface area contributed by atoms with Crippen molar-refractivity contribution in [3.8, 4) is 0 Å². The molecule has 23 heavy (non-hydrogen) atoms. The number of anilines is 2. The van der Waals surface area contributed by atoms with Gasteiger partial charge in [-0.3, -0.25) is 4.79 Å². The molecule has 0 atom stereocenters. The van der Waals surface area contributed by atoms with Crippen molar-refractivity contribution in [3.63, 3.8) is 0 Å². The number of ether oxygens (including phenoxy) is 1. The summed E-state index contributed by atoms with van der Waals surface area (Å²) >= 11 is 0. The van der Waals surface area contributed by atoms with Crippen molar-refractivity contribution in [1.29, 1.82) is 0 Å². The van der Waals surface area contributed by atoms with Gasteiger partial charge in [0.15, 0.2) is 0 Å². The zero-order valence-corrected chi connectivity index (χ0v) is 13.2. The molecule has 1 fully saturated rings. The lowest BCUT2D eigenvalue weighted by molar-refractivity contribution is -0.116. The first kappa shape index (κ1) is 15.3. The Morgan fingerprint density at radius 1 is 1.26 bits per heavy atom. The van der Waals surface area contributed by atoms with Crippen molar-refractivity contribution in [2.75, 3.05) is 36.5 Å². The molecule has 0 aliphatic carbocycles. The molecule has 1 amide bonds. The lowest BCUT2D eigenvalue weighted by Crippen LogP contribution is -2.37. The van der Waals surface area contributed by atoms with Crippen LogP contribution in [-0.4, -0.2) is 56.9 Å². The van der Waals surface area contributed by atoms with Crippen molar-refractivity contribution >= 4 is 17.5 Å². The number of aromatic nitrogens is 5. The van der Waals surface area contributed by atoms with Gasteiger partial charge in [-0.25, -0.2) is 19.6 Å². The molecule has 0 radical (unpaired) electrons. The fourth-order valence-corrected chi connectivity index (χ4v) is 2.42. The predicted molar refractivity (Wildman–Crippen MR) is 83.2 cm³/mol. The van der Waals surface area contributed by atoms with Crippen LogP contribution in [0.2, 0.25) is 0 Å². The van der Waals surface area contributed by atoms with Gasteiger partial charge in [-0.2, -0.15) is 5.10 Å². The second-order valence-electron chi connectivity index (χ2n) is 5.31. The molecule has 1 aliphatic rings. The molecule has 0 saturated carbocycles. The SMILES string of the molecule is Cc1nc(N2CCOCC2)nc(C)c1NC(=O)Cn1cncn1. The molecule has 0 spiro atoms. The Labute approximate surface area is 133 Å². The van der Waals surface area contributed by atoms with Crippen LogP contribution in [0.25, 0.3) is 0 Å². The fraction of sp³-hybridized carbons (Fsp3) is 0.500. The van der Waals surface area contributed by atoms with Gasteiger partial charge in [0.2, 0.25) is 11.9 Å². The Bertz CT molecular complexity index is 657. The van der Waals surface area contributed by atoms with E-state index in [9.17, 15) is 4.79 Å². The Hall–Kier alpha value is -2.55. The summed E-state index contributed by atoms with van der Waals surface area (Å²) in [6, 6.07) is 0. The van der Waals surface area contributed by atoms with Crippen LogP contribution in [-0.2, 0) is 16.1 Å². The number of amides is 1. The van der Waals surface area contributed by atoms with Crippen LogP contribution in [0, 0.1) is 13.8 Å². The van der Waals surface area contributed by atoms with Crippen LogP contribution in [0.5, 0.6) is 0 Å². The summed E-state index contributed by atoms with van der Waals surface area (Å²) in [5, 5.41) is 6.76. The van der Waals surface area contributed by atoms with Gasteiger partial charge in [0.25, 0.3) is 0 Å². The average Bonchev–Trinajstić information content (AvgIpc) is 3.04. The monoisotopic (exact) mass is 317 g/mol. The number of hydrogen-bond acceptors (Lipinski definition) is 7. The molecular formula is C14H19N7O2. The number of carbonyl (C=O) groups is 1. The second kappa shape index (κ2) is 6.69. The van der Waals surface area contributed by atoms with E-state index in [2.05, 4.69) is 30.3 Å². The molecule has 0 unspecified atom stereocenters. The van der Waals surface area contributed by atoms with E-state index in [0.29, 0.717) is 24.8 Å². The van der Waals surface area contributed by atoms with E-state index in [1.165, 1.54) is 17.3 Å². The number of aryl methyl sites for hydroxylation is 2. The van der Waals surface area contributed by atoms with Crippen molar-refractivity contribution < 1.29 is 9.53 Å². The lowest BCUT2D eigenvalue weighted by Gasteiger charge is -2.27. The molecule has 3 rings (SSSR count). The van der Waals surface area contributed by atoms with Gasteiger partial charge >= 0.3 is 0 Å². The maximum absolute atomic E-state index is 12.1. The molecule has 0 aromatic carbocycles. The van der Waals surface area contributed by atoms with E-state index in [4.69, 9.17) is 4.74 Å². The zero-order chi connectivity index (χ0) is 16.2. The van der Waals surface area contributed by atoms with Crippen molar-refractivity contribution in [2.24, 2.45) is 0 Å². The third-order valence-corrected chi connectivity index (χ3v) is 3.59. The summed E-state index contributed by atoms with van der Waals surface area (Å²) in [6.45, 7) is 6.74. The van der Waals surface area contributed by atoms with Crippen LogP contribution >= 0.6 is 0 Å². The van der Waals surface area contributed by atoms with Crippen LogP contribution < -0.4 is 10.2 Å². The van der Waals surface area contributed by atoms with Gasteiger partial charge in [-0.1, -0.05) is 0 Å². The lowest BCUT2D eigenvalue weighted by atomic mass is 10.2. The molecule has 2 aromatic heterocycles. The molecule has 9 nitrogen and oxygen atoms in total. The van der Waals surface area contributed by atoms with Gasteiger partial charge in [-0.15, -0.1) is 0 Å². The summed E-state index contributed by atoms with van der Waals surface area (Å²) in [6.07, 6.45) is 2.89. The minimum absolute atomic E-state index is 0.101. The van der Waals surface area contributed by atoms with E-state index in [-0.39, 0.29) is 12.5 Å². The first-order chi connectivity index (χ1) is 11.1. The van der Waals surface area contributed by atoms with E-state index in [1.54, 1.807) is 0 Å². The summed E-state index contributed by atoms with van der Waals surface area (Å²) in [5.74, 6) is 0.488. The quantitative estimate of drug-likeness (QED) is 0.857. The summed E-state index contributed by atoms with van der Waals surface area (Å²) in [7, 11) is 0. The molecule has 3 heterocycles. The van der Waals surface area contributed by atoms with E-state index in [0.717, 1.165) is 24.5 Å². The first-order valence-corrected chi connectivity index (χ1v) is 7.43. The third kappa shape index (κ3) is 3.62. The number of hydrogen-bond donors (Lipinski definition) is 1. The highest BCUT2D eigenvalue weighted by atomic mass is 16.5. The highest BCUT2D eigenvalue weighted by Crippen LogP contribution is 2.21. The Morgan fingerprint density at radius 2 is 1.96 bits per heavy atom. The van der Waals surface area contributed by atoms with Crippen molar-refractivity contribution in [1.82, 2.24) is 24.7 Å². The van der Waals surface area contributed by atoms with Crippen LogP contribution in [0.4, 0.5) is 11.6 Å². The smallest absolute Gasteiger partial charge is 0.246 e. The molecule has 2 aromatic rings. The molecule has 1 N–H and O–H groups in total. The maximum atomic E-state index is 12.1. The molecule has 122 valence electrons.